The number of hydrogen-bond acceptors (Lipinski definition) is 4. The highest BCUT2D eigenvalue weighted by Gasteiger charge is 2.20. The van der Waals surface area contributed by atoms with E-state index < -0.39 is 5.97 Å². The zero-order valence-electron chi connectivity index (χ0n) is 10.9. The third kappa shape index (κ3) is 3.21. The Bertz CT molecular complexity index is 611. The molecule has 5 nitrogen and oxygen atoms in total. The summed E-state index contributed by atoms with van der Waals surface area (Å²) in [4.78, 5) is 29.9. The summed E-state index contributed by atoms with van der Waals surface area (Å²) < 4.78 is 0. The van der Waals surface area contributed by atoms with Gasteiger partial charge in [-0.25, -0.2) is 4.79 Å². The van der Waals surface area contributed by atoms with E-state index in [9.17, 15) is 9.59 Å². The minimum Gasteiger partial charge on any atom is -0.478 e. The molecular weight excluding hydrogens is 276 g/mol. The van der Waals surface area contributed by atoms with Gasteiger partial charge in [0.05, 0.1) is 5.56 Å². The molecule has 0 aliphatic heterocycles. The summed E-state index contributed by atoms with van der Waals surface area (Å²) in [6.45, 7) is 0.523. The summed E-state index contributed by atoms with van der Waals surface area (Å²) in [6.07, 6.45) is 2.17. The number of carboxylic acid groups (broad SMARTS) is 1. The lowest BCUT2D eigenvalue weighted by Crippen LogP contribution is -2.30. The molecule has 2 aromatic rings. The maximum Gasteiger partial charge on any atom is 0.338 e. The summed E-state index contributed by atoms with van der Waals surface area (Å²) in [5.41, 5.74) is -0.0887. The molecule has 0 bridgehead atoms. The maximum absolute atomic E-state index is 12.2. The van der Waals surface area contributed by atoms with E-state index in [4.69, 9.17) is 5.11 Å². The summed E-state index contributed by atoms with van der Waals surface area (Å²) >= 11 is 1.63. The molecule has 0 aliphatic carbocycles. The summed E-state index contributed by atoms with van der Waals surface area (Å²) in [5, 5.41) is 11.1. The van der Waals surface area contributed by atoms with Crippen molar-refractivity contribution >= 4 is 23.2 Å². The van der Waals surface area contributed by atoms with Crippen LogP contribution in [0.1, 0.15) is 25.7 Å². The second-order valence-corrected chi connectivity index (χ2v) is 5.29. The fourth-order valence-electron chi connectivity index (χ4n) is 1.76. The number of nitrogens with zero attached hydrogens (tertiary/aromatic N) is 2. The number of thiophene rings is 1. The van der Waals surface area contributed by atoms with Gasteiger partial charge < -0.3 is 10.0 Å². The van der Waals surface area contributed by atoms with Crippen LogP contribution in [0.3, 0.4) is 0 Å². The predicted molar refractivity (Wildman–Crippen MR) is 76.2 cm³/mol. The van der Waals surface area contributed by atoms with E-state index in [2.05, 4.69) is 4.98 Å². The Kier molecular flexibility index (Phi) is 4.47. The average Bonchev–Trinajstić information content (AvgIpc) is 2.97. The van der Waals surface area contributed by atoms with Gasteiger partial charge in [0, 0.05) is 24.7 Å². The van der Waals surface area contributed by atoms with Crippen LogP contribution in [0.2, 0.25) is 0 Å². The van der Waals surface area contributed by atoms with Gasteiger partial charge in [0.2, 0.25) is 0 Å². The molecule has 0 saturated carbocycles. The third-order valence-electron chi connectivity index (χ3n) is 2.86. The van der Waals surface area contributed by atoms with Gasteiger partial charge in [-0.05, 0) is 30.0 Å². The molecule has 0 saturated heterocycles. The van der Waals surface area contributed by atoms with Gasteiger partial charge in [-0.2, -0.15) is 0 Å². The Morgan fingerprint density at radius 2 is 2.15 bits per heavy atom. The highest BCUT2D eigenvalue weighted by molar-refractivity contribution is 7.09. The first-order valence-corrected chi connectivity index (χ1v) is 6.93. The van der Waals surface area contributed by atoms with Crippen molar-refractivity contribution in [2.45, 2.75) is 6.42 Å². The minimum atomic E-state index is -1.15. The summed E-state index contributed by atoms with van der Waals surface area (Å²) in [7, 11) is 1.65. The Labute approximate surface area is 120 Å². The second kappa shape index (κ2) is 6.29. The van der Waals surface area contributed by atoms with Crippen LogP contribution in [0, 0.1) is 0 Å². The molecule has 6 heteroatoms. The lowest BCUT2D eigenvalue weighted by Gasteiger charge is -2.17. The van der Waals surface area contributed by atoms with Crippen molar-refractivity contribution in [2.75, 3.05) is 13.6 Å². The van der Waals surface area contributed by atoms with E-state index in [1.54, 1.807) is 18.4 Å². The van der Waals surface area contributed by atoms with Gasteiger partial charge in [-0.1, -0.05) is 6.07 Å². The van der Waals surface area contributed by atoms with Crippen molar-refractivity contribution in [1.82, 2.24) is 9.88 Å². The fourth-order valence-corrected chi connectivity index (χ4v) is 2.46. The number of pyridine rings is 1. The van der Waals surface area contributed by atoms with Gasteiger partial charge >= 0.3 is 5.97 Å². The van der Waals surface area contributed by atoms with E-state index >= 15 is 0 Å². The predicted octanol–water partition coefficient (Wildman–Crippen LogP) is 2.16. The van der Waals surface area contributed by atoms with Crippen molar-refractivity contribution in [3.63, 3.8) is 0 Å². The zero-order valence-corrected chi connectivity index (χ0v) is 11.8. The largest absolute Gasteiger partial charge is 0.478 e. The highest BCUT2D eigenvalue weighted by Crippen LogP contribution is 2.12. The molecule has 0 aromatic carbocycles. The number of rotatable bonds is 5. The van der Waals surface area contributed by atoms with Crippen LogP contribution in [-0.2, 0) is 6.42 Å². The molecular formula is C14H14N2O3S. The summed E-state index contributed by atoms with van der Waals surface area (Å²) in [6, 6.07) is 6.86. The van der Waals surface area contributed by atoms with Crippen LogP contribution >= 0.6 is 11.3 Å². The maximum atomic E-state index is 12.2. The van der Waals surface area contributed by atoms with Crippen LogP contribution in [0.4, 0.5) is 0 Å². The number of likely N-dealkylation sites (N-methyl/N-ethyl adjacent to an activating group) is 1. The van der Waals surface area contributed by atoms with E-state index in [0.717, 1.165) is 6.42 Å². The van der Waals surface area contributed by atoms with Crippen LogP contribution in [0.15, 0.2) is 35.8 Å². The monoisotopic (exact) mass is 290 g/mol. The second-order valence-electron chi connectivity index (χ2n) is 4.26. The van der Waals surface area contributed by atoms with E-state index in [1.165, 1.54) is 28.1 Å². The summed E-state index contributed by atoms with van der Waals surface area (Å²) in [5.74, 6) is -1.52. The quantitative estimate of drug-likeness (QED) is 0.916. The zero-order chi connectivity index (χ0) is 14.5. The van der Waals surface area contributed by atoms with Crippen molar-refractivity contribution in [1.29, 1.82) is 0 Å². The first kappa shape index (κ1) is 14.2. The van der Waals surface area contributed by atoms with Crippen LogP contribution < -0.4 is 0 Å². The van der Waals surface area contributed by atoms with Gasteiger partial charge in [0.1, 0.15) is 5.69 Å². The lowest BCUT2D eigenvalue weighted by molar-refractivity contribution is 0.0679. The number of aromatic carboxylic acids is 1. The molecule has 0 spiro atoms. The fraction of sp³-hybridized carbons (Fsp3) is 0.214. The molecule has 0 atom stereocenters. The molecule has 2 heterocycles. The molecule has 20 heavy (non-hydrogen) atoms. The van der Waals surface area contributed by atoms with E-state index in [0.29, 0.717) is 6.54 Å². The number of amides is 1. The molecule has 0 fully saturated rings. The molecule has 2 aromatic heterocycles. The third-order valence-corrected chi connectivity index (χ3v) is 3.80. The van der Waals surface area contributed by atoms with Crippen molar-refractivity contribution in [2.24, 2.45) is 0 Å². The minimum absolute atomic E-state index is 0.0197. The van der Waals surface area contributed by atoms with Gasteiger partial charge in [0.25, 0.3) is 5.91 Å². The Hall–Kier alpha value is -2.21. The standard InChI is InChI=1S/C14H14N2O3S/c1-16(8-6-10-4-3-9-20-10)13(17)12-11(14(18)19)5-2-7-15-12/h2-5,7,9H,6,8H2,1H3,(H,18,19). The van der Waals surface area contributed by atoms with Crippen LogP contribution in [0.5, 0.6) is 0 Å². The van der Waals surface area contributed by atoms with Crippen molar-refractivity contribution < 1.29 is 14.7 Å². The first-order valence-electron chi connectivity index (χ1n) is 6.05. The molecule has 104 valence electrons. The molecule has 2 rings (SSSR count). The number of carbonyl (C=O) groups excluding carboxylic acids is 1. The van der Waals surface area contributed by atoms with Crippen molar-refractivity contribution in [3.05, 3.63) is 52.0 Å². The van der Waals surface area contributed by atoms with Gasteiger partial charge in [0.15, 0.2) is 0 Å². The topological polar surface area (TPSA) is 70.5 Å². The van der Waals surface area contributed by atoms with Gasteiger partial charge in [-0.3, -0.25) is 9.78 Å². The van der Waals surface area contributed by atoms with Crippen LogP contribution in [0.25, 0.3) is 0 Å². The number of carbonyl (C=O) groups is 2. The Morgan fingerprint density at radius 3 is 2.80 bits per heavy atom. The molecule has 1 amide bonds. The molecule has 0 unspecified atom stereocenters. The Balaban J connectivity index is 2.08. The van der Waals surface area contributed by atoms with Gasteiger partial charge in [-0.15, -0.1) is 11.3 Å². The first-order chi connectivity index (χ1) is 9.59. The van der Waals surface area contributed by atoms with E-state index in [-0.39, 0.29) is 17.2 Å². The highest BCUT2D eigenvalue weighted by atomic mass is 32.1. The number of hydrogen-bond donors (Lipinski definition) is 1. The van der Waals surface area contributed by atoms with E-state index in [1.807, 2.05) is 17.5 Å². The van der Waals surface area contributed by atoms with Crippen molar-refractivity contribution in [3.8, 4) is 0 Å². The SMILES string of the molecule is CN(CCc1cccs1)C(=O)c1ncccc1C(=O)O. The van der Waals surface area contributed by atoms with Crippen LogP contribution in [-0.4, -0.2) is 40.5 Å². The normalized spacial score (nSPS) is 10.2. The lowest BCUT2D eigenvalue weighted by atomic mass is 10.1. The smallest absolute Gasteiger partial charge is 0.338 e. The molecule has 1 N–H and O–H groups in total. The molecule has 0 radical (unpaired) electrons. The molecule has 0 aliphatic rings. The number of carboxylic acids is 1. The Morgan fingerprint density at radius 1 is 1.35 bits per heavy atom. The number of aromatic nitrogens is 1. The average molecular weight is 290 g/mol.